The molecule has 0 spiro atoms. The topological polar surface area (TPSA) is 71.4 Å². The summed E-state index contributed by atoms with van der Waals surface area (Å²) in [6, 6.07) is 3.70. The quantitative estimate of drug-likeness (QED) is 0.905. The molecule has 0 aliphatic rings. The average molecular weight is 291 g/mol. The van der Waals surface area contributed by atoms with Crippen molar-refractivity contribution in [2.24, 2.45) is 5.92 Å². The molecule has 0 aliphatic heterocycles. The molecule has 18 heavy (non-hydrogen) atoms. The maximum atomic E-state index is 12.1. The van der Waals surface area contributed by atoms with E-state index in [-0.39, 0.29) is 27.2 Å². The number of rotatable bonds is 5. The second-order valence-electron chi connectivity index (χ2n) is 4.25. The fraction of sp³-hybridized carbons (Fsp3) is 0.417. The van der Waals surface area contributed by atoms with Gasteiger partial charge in [0.15, 0.2) is 9.84 Å². The highest BCUT2D eigenvalue weighted by Crippen LogP contribution is 2.25. The van der Waals surface area contributed by atoms with Gasteiger partial charge in [0.1, 0.15) is 0 Å². The Morgan fingerprint density at radius 3 is 2.56 bits per heavy atom. The third kappa shape index (κ3) is 3.46. The van der Waals surface area contributed by atoms with Gasteiger partial charge in [0.05, 0.1) is 21.2 Å². The van der Waals surface area contributed by atoms with Crippen molar-refractivity contribution in [3.05, 3.63) is 28.8 Å². The molecule has 0 saturated heterocycles. The molecule has 0 saturated carbocycles. The first-order valence-electron chi connectivity index (χ1n) is 5.53. The van der Waals surface area contributed by atoms with Crippen LogP contribution in [0.4, 0.5) is 0 Å². The molecule has 0 amide bonds. The smallest absolute Gasteiger partial charge is 0.335 e. The second-order valence-corrected chi connectivity index (χ2v) is 6.66. The van der Waals surface area contributed by atoms with E-state index in [0.717, 1.165) is 12.5 Å². The van der Waals surface area contributed by atoms with Gasteiger partial charge in [0.25, 0.3) is 0 Å². The van der Waals surface area contributed by atoms with Crippen LogP contribution in [0, 0.1) is 5.92 Å². The Balaban J connectivity index is 3.23. The molecule has 0 aromatic heterocycles. The Kier molecular flexibility index (Phi) is 4.76. The number of hydrogen-bond donors (Lipinski definition) is 1. The molecule has 0 aliphatic carbocycles. The first-order chi connectivity index (χ1) is 8.27. The molecule has 100 valence electrons. The van der Waals surface area contributed by atoms with Gasteiger partial charge >= 0.3 is 5.97 Å². The van der Waals surface area contributed by atoms with E-state index in [1.807, 2.05) is 13.8 Å². The molecule has 0 fully saturated rings. The molecule has 1 aromatic rings. The summed E-state index contributed by atoms with van der Waals surface area (Å²) in [6.45, 7) is 3.72. The Morgan fingerprint density at radius 2 is 2.06 bits per heavy atom. The molecule has 1 unspecified atom stereocenters. The van der Waals surface area contributed by atoms with Gasteiger partial charge < -0.3 is 5.11 Å². The van der Waals surface area contributed by atoms with Crippen LogP contribution >= 0.6 is 11.6 Å². The molecule has 1 aromatic carbocycles. The minimum atomic E-state index is -3.55. The summed E-state index contributed by atoms with van der Waals surface area (Å²) in [5.41, 5.74) is -0.0814. The summed E-state index contributed by atoms with van der Waals surface area (Å²) >= 11 is 5.84. The largest absolute Gasteiger partial charge is 0.478 e. The highest BCUT2D eigenvalue weighted by molar-refractivity contribution is 7.91. The van der Waals surface area contributed by atoms with Gasteiger partial charge in [-0.3, -0.25) is 0 Å². The van der Waals surface area contributed by atoms with Crippen molar-refractivity contribution in [2.75, 3.05) is 5.75 Å². The van der Waals surface area contributed by atoms with E-state index in [9.17, 15) is 13.2 Å². The number of sulfone groups is 1. The summed E-state index contributed by atoms with van der Waals surface area (Å²) < 4.78 is 24.2. The lowest BCUT2D eigenvalue weighted by Gasteiger charge is -2.11. The van der Waals surface area contributed by atoms with Crippen molar-refractivity contribution in [2.45, 2.75) is 25.2 Å². The molecule has 1 rings (SSSR count). The summed E-state index contributed by atoms with van der Waals surface area (Å²) in [7, 11) is -3.55. The van der Waals surface area contributed by atoms with Gasteiger partial charge in [-0.15, -0.1) is 0 Å². The highest BCUT2D eigenvalue weighted by atomic mass is 35.5. The number of hydrogen-bond acceptors (Lipinski definition) is 3. The van der Waals surface area contributed by atoms with E-state index in [4.69, 9.17) is 16.7 Å². The Bertz CT molecular complexity index is 551. The molecule has 4 nitrogen and oxygen atoms in total. The van der Waals surface area contributed by atoms with E-state index < -0.39 is 15.8 Å². The highest BCUT2D eigenvalue weighted by Gasteiger charge is 2.22. The van der Waals surface area contributed by atoms with Crippen LogP contribution in [-0.2, 0) is 9.84 Å². The van der Waals surface area contributed by atoms with E-state index in [1.165, 1.54) is 12.1 Å². The van der Waals surface area contributed by atoms with Crippen LogP contribution < -0.4 is 0 Å². The predicted molar refractivity (Wildman–Crippen MR) is 69.9 cm³/mol. The number of carbonyl (C=O) groups is 1. The molecular weight excluding hydrogens is 276 g/mol. The Labute approximate surface area is 112 Å². The number of carboxylic acid groups (broad SMARTS) is 1. The van der Waals surface area contributed by atoms with Crippen LogP contribution in [-0.4, -0.2) is 25.2 Å². The minimum Gasteiger partial charge on any atom is -0.478 e. The first kappa shape index (κ1) is 15.0. The minimum absolute atomic E-state index is 0.000416. The molecule has 1 N–H and O–H groups in total. The summed E-state index contributed by atoms with van der Waals surface area (Å²) in [5, 5.41) is 8.91. The number of halogens is 1. The maximum absolute atomic E-state index is 12.1. The zero-order valence-corrected chi connectivity index (χ0v) is 11.8. The molecule has 1 atom stereocenters. The van der Waals surface area contributed by atoms with Crippen molar-refractivity contribution >= 4 is 27.4 Å². The lowest BCUT2D eigenvalue weighted by Crippen LogP contribution is -2.14. The summed E-state index contributed by atoms with van der Waals surface area (Å²) in [6.07, 6.45) is 0.732. The van der Waals surface area contributed by atoms with Crippen molar-refractivity contribution < 1.29 is 18.3 Å². The average Bonchev–Trinajstić information content (AvgIpc) is 2.28. The van der Waals surface area contributed by atoms with E-state index in [1.54, 1.807) is 0 Å². The van der Waals surface area contributed by atoms with E-state index >= 15 is 0 Å². The normalized spacial score (nSPS) is 13.3. The predicted octanol–water partition coefficient (Wildman–Crippen LogP) is 2.86. The van der Waals surface area contributed by atoms with E-state index in [0.29, 0.717) is 0 Å². The third-order valence-electron chi connectivity index (χ3n) is 2.71. The van der Waals surface area contributed by atoms with Crippen molar-refractivity contribution in [1.82, 2.24) is 0 Å². The monoisotopic (exact) mass is 290 g/mol. The zero-order chi connectivity index (χ0) is 13.9. The van der Waals surface area contributed by atoms with Crippen molar-refractivity contribution in [3.8, 4) is 0 Å². The molecule has 0 heterocycles. The second kappa shape index (κ2) is 5.71. The van der Waals surface area contributed by atoms with Crippen LogP contribution in [0.2, 0.25) is 5.02 Å². The summed E-state index contributed by atoms with van der Waals surface area (Å²) in [5.74, 6) is -1.21. The fourth-order valence-corrected chi connectivity index (χ4v) is 3.76. The molecule has 0 bridgehead atoms. The molecule has 0 radical (unpaired) electrons. The zero-order valence-electron chi connectivity index (χ0n) is 10.2. The van der Waals surface area contributed by atoms with Gasteiger partial charge in [0.2, 0.25) is 0 Å². The molecular formula is C12H15ClO4S. The maximum Gasteiger partial charge on any atom is 0.335 e. The van der Waals surface area contributed by atoms with Crippen LogP contribution in [0.1, 0.15) is 30.6 Å². The van der Waals surface area contributed by atoms with Gasteiger partial charge in [-0.25, -0.2) is 13.2 Å². The number of aromatic carboxylic acids is 1. The Morgan fingerprint density at radius 1 is 1.44 bits per heavy atom. The van der Waals surface area contributed by atoms with Gasteiger partial charge in [-0.05, 0) is 24.1 Å². The van der Waals surface area contributed by atoms with Gasteiger partial charge in [0, 0.05) is 0 Å². The first-order valence-corrected chi connectivity index (χ1v) is 7.56. The van der Waals surface area contributed by atoms with Crippen molar-refractivity contribution in [1.29, 1.82) is 0 Å². The lowest BCUT2D eigenvalue weighted by atomic mass is 10.2. The van der Waals surface area contributed by atoms with Crippen LogP contribution in [0.5, 0.6) is 0 Å². The number of carboxylic acids is 1. The third-order valence-corrected chi connectivity index (χ3v) is 5.17. The summed E-state index contributed by atoms with van der Waals surface area (Å²) in [4.78, 5) is 10.7. The number of benzene rings is 1. The fourth-order valence-electron chi connectivity index (χ4n) is 1.46. The molecule has 6 heteroatoms. The van der Waals surface area contributed by atoms with Crippen molar-refractivity contribution in [3.63, 3.8) is 0 Å². The Hall–Kier alpha value is -1.07. The van der Waals surface area contributed by atoms with Crippen LogP contribution in [0.3, 0.4) is 0 Å². The van der Waals surface area contributed by atoms with Crippen LogP contribution in [0.25, 0.3) is 0 Å². The lowest BCUT2D eigenvalue weighted by molar-refractivity contribution is 0.0696. The van der Waals surface area contributed by atoms with E-state index in [2.05, 4.69) is 0 Å². The van der Waals surface area contributed by atoms with Gasteiger partial charge in [-0.2, -0.15) is 0 Å². The standard InChI is InChI=1S/C12H15ClO4S/c1-3-8(2)7-18(16,17)11-6-9(12(14)15)4-5-10(11)13/h4-6,8H,3,7H2,1-2H3,(H,14,15). The van der Waals surface area contributed by atoms with Crippen LogP contribution in [0.15, 0.2) is 23.1 Å². The van der Waals surface area contributed by atoms with Gasteiger partial charge in [-0.1, -0.05) is 31.9 Å². The SMILES string of the molecule is CCC(C)CS(=O)(=O)c1cc(C(=O)O)ccc1Cl.